The van der Waals surface area contributed by atoms with Crippen molar-refractivity contribution in [3.05, 3.63) is 182 Å². The summed E-state index contributed by atoms with van der Waals surface area (Å²) in [5.74, 6) is 0.658. The largest absolute Gasteiger partial charge is 0.309 e. The van der Waals surface area contributed by atoms with E-state index < -0.39 is 0 Å². The highest BCUT2D eigenvalue weighted by molar-refractivity contribution is 7.26. The minimum absolute atomic E-state index is 0.658. The summed E-state index contributed by atoms with van der Waals surface area (Å²) >= 11 is 1.87. The zero-order chi connectivity index (χ0) is 36.0. The van der Waals surface area contributed by atoms with E-state index in [0.717, 1.165) is 33.5 Å². The van der Waals surface area contributed by atoms with E-state index >= 15 is 0 Å². The Bertz CT molecular complexity index is 3430. The molecule has 12 rings (SSSR count). The van der Waals surface area contributed by atoms with Gasteiger partial charge in [0.2, 0.25) is 5.95 Å². The standard InChI is InChI=1S/C50H30N4S/c1-3-14-32(15-4-1)42-29-43(33-16-5-2-6-17-33)52-50(51-42)54-45-22-12-10-20-37(45)39-28-48-41(27-46(39)54)40-26-38-36-19-9-11-21-44(36)53(47(38)30-49(40)55-48)35-24-23-31-13-7-8-18-34(31)25-35/h1-30H. The fraction of sp³-hybridized carbons (Fsp3) is 0. The first kappa shape index (κ1) is 30.4. The van der Waals surface area contributed by atoms with Gasteiger partial charge in [0, 0.05) is 58.5 Å². The number of thiophene rings is 1. The molecule has 0 N–H and O–H groups in total. The van der Waals surface area contributed by atoms with Gasteiger partial charge in [-0.05, 0) is 65.4 Å². The molecule has 12 aromatic rings. The van der Waals surface area contributed by atoms with Crippen LogP contribution in [0.2, 0.25) is 0 Å². The van der Waals surface area contributed by atoms with Gasteiger partial charge < -0.3 is 4.57 Å². The summed E-state index contributed by atoms with van der Waals surface area (Å²) in [6, 6.07) is 65.3. The molecule has 0 fully saturated rings. The van der Waals surface area contributed by atoms with Crippen LogP contribution in [0.5, 0.6) is 0 Å². The predicted molar refractivity (Wildman–Crippen MR) is 232 cm³/mol. The predicted octanol–water partition coefficient (Wildman–Crippen LogP) is 13.5. The SMILES string of the molecule is c1ccc(-c2cc(-c3ccccc3)nc(-n3c4ccccc4c4cc5sc6cc7c(cc6c5cc43)c3ccccc3n7-c3ccc4ccccc4c3)n2)cc1. The van der Waals surface area contributed by atoms with Gasteiger partial charge in [-0.15, -0.1) is 11.3 Å². The zero-order valence-electron chi connectivity index (χ0n) is 29.5. The molecule has 0 spiro atoms. The first-order valence-corrected chi connectivity index (χ1v) is 19.4. The second-order valence-electron chi connectivity index (χ2n) is 14.2. The van der Waals surface area contributed by atoms with E-state index in [1.807, 2.05) is 23.5 Å². The van der Waals surface area contributed by atoms with Gasteiger partial charge in [0.05, 0.1) is 33.5 Å². The third kappa shape index (κ3) is 4.64. The van der Waals surface area contributed by atoms with Gasteiger partial charge in [-0.25, -0.2) is 9.97 Å². The number of fused-ring (bicyclic) bond motifs is 10. The lowest BCUT2D eigenvalue weighted by molar-refractivity contribution is 0.996. The summed E-state index contributed by atoms with van der Waals surface area (Å²) in [7, 11) is 0. The van der Waals surface area contributed by atoms with E-state index in [1.165, 1.54) is 69.2 Å². The summed E-state index contributed by atoms with van der Waals surface area (Å²) in [6.07, 6.45) is 0. The highest BCUT2D eigenvalue weighted by atomic mass is 32.1. The van der Waals surface area contributed by atoms with E-state index in [0.29, 0.717) is 5.95 Å². The van der Waals surface area contributed by atoms with Crippen molar-refractivity contribution in [2.75, 3.05) is 0 Å². The Balaban J connectivity index is 1.13. The first-order chi connectivity index (χ1) is 27.2. The van der Waals surface area contributed by atoms with Crippen LogP contribution in [0, 0.1) is 0 Å². The van der Waals surface area contributed by atoms with Crippen LogP contribution in [-0.4, -0.2) is 19.1 Å². The monoisotopic (exact) mass is 718 g/mol. The Morgan fingerprint density at radius 3 is 1.60 bits per heavy atom. The maximum atomic E-state index is 5.28. The molecular formula is C50H30N4S. The molecule has 4 heterocycles. The summed E-state index contributed by atoms with van der Waals surface area (Å²) in [6.45, 7) is 0. The normalized spacial score (nSPS) is 12.0. The van der Waals surface area contributed by atoms with Gasteiger partial charge in [-0.2, -0.15) is 0 Å². The molecule has 8 aromatic carbocycles. The van der Waals surface area contributed by atoms with Gasteiger partial charge >= 0.3 is 0 Å². The molecule has 0 atom stereocenters. The lowest BCUT2D eigenvalue weighted by atomic mass is 10.1. The van der Waals surface area contributed by atoms with Crippen molar-refractivity contribution in [2.24, 2.45) is 0 Å². The number of para-hydroxylation sites is 2. The van der Waals surface area contributed by atoms with Crippen LogP contribution in [0.4, 0.5) is 0 Å². The summed E-state index contributed by atoms with van der Waals surface area (Å²) in [5, 5.41) is 9.87. The molecule has 55 heavy (non-hydrogen) atoms. The Hall–Kier alpha value is -7.08. The van der Waals surface area contributed by atoms with Crippen LogP contribution in [0.25, 0.3) is 109 Å². The Labute approximate surface area is 319 Å². The summed E-state index contributed by atoms with van der Waals surface area (Å²) in [4.78, 5) is 10.6. The Kier molecular flexibility index (Phi) is 6.47. The van der Waals surface area contributed by atoms with E-state index in [-0.39, 0.29) is 0 Å². The third-order valence-corrected chi connectivity index (χ3v) is 12.2. The van der Waals surface area contributed by atoms with Gasteiger partial charge in [0.15, 0.2) is 0 Å². The number of hydrogen-bond donors (Lipinski definition) is 0. The molecule has 4 aromatic heterocycles. The molecule has 0 amide bonds. The van der Waals surface area contributed by atoms with Gasteiger partial charge in [-0.3, -0.25) is 4.57 Å². The maximum Gasteiger partial charge on any atom is 0.235 e. The smallest absolute Gasteiger partial charge is 0.235 e. The lowest BCUT2D eigenvalue weighted by Gasteiger charge is -2.12. The fourth-order valence-corrected chi connectivity index (χ4v) is 9.70. The minimum atomic E-state index is 0.658. The van der Waals surface area contributed by atoms with E-state index in [4.69, 9.17) is 9.97 Å². The number of benzene rings is 8. The van der Waals surface area contributed by atoms with E-state index in [1.54, 1.807) is 0 Å². The highest BCUT2D eigenvalue weighted by Crippen LogP contribution is 2.44. The van der Waals surface area contributed by atoms with Crippen LogP contribution in [0.15, 0.2) is 182 Å². The molecule has 4 nitrogen and oxygen atoms in total. The third-order valence-electron chi connectivity index (χ3n) is 11.1. The molecule has 5 heteroatoms. The van der Waals surface area contributed by atoms with Crippen LogP contribution < -0.4 is 0 Å². The first-order valence-electron chi connectivity index (χ1n) is 18.6. The number of aromatic nitrogens is 4. The summed E-state index contributed by atoms with van der Waals surface area (Å²) < 4.78 is 7.23. The fourth-order valence-electron chi connectivity index (χ4n) is 8.56. The van der Waals surface area contributed by atoms with Crippen molar-refractivity contribution >= 4 is 85.9 Å². The van der Waals surface area contributed by atoms with Crippen molar-refractivity contribution in [2.45, 2.75) is 0 Å². The average Bonchev–Trinajstić information content (AvgIpc) is 3.88. The highest BCUT2D eigenvalue weighted by Gasteiger charge is 2.20. The summed E-state index contributed by atoms with van der Waals surface area (Å²) in [5.41, 5.74) is 9.68. The number of nitrogens with zero attached hydrogens (tertiary/aromatic N) is 4. The second-order valence-corrected chi connectivity index (χ2v) is 15.3. The molecule has 0 aliphatic heterocycles. The van der Waals surface area contributed by atoms with Crippen molar-refractivity contribution in [3.8, 4) is 34.2 Å². The molecule has 0 aliphatic rings. The Morgan fingerprint density at radius 1 is 0.345 bits per heavy atom. The van der Waals surface area contributed by atoms with Gasteiger partial charge in [-0.1, -0.05) is 127 Å². The second kappa shape index (κ2) is 11.7. The number of hydrogen-bond acceptors (Lipinski definition) is 3. The van der Waals surface area contributed by atoms with Crippen molar-refractivity contribution in [1.82, 2.24) is 19.1 Å². The van der Waals surface area contributed by atoms with Crippen LogP contribution in [-0.2, 0) is 0 Å². The quantitative estimate of drug-likeness (QED) is 0.182. The van der Waals surface area contributed by atoms with Crippen molar-refractivity contribution in [3.63, 3.8) is 0 Å². The van der Waals surface area contributed by atoms with E-state index in [9.17, 15) is 0 Å². The van der Waals surface area contributed by atoms with Crippen LogP contribution >= 0.6 is 11.3 Å². The number of rotatable bonds is 4. The zero-order valence-corrected chi connectivity index (χ0v) is 30.3. The molecule has 256 valence electrons. The molecule has 0 saturated carbocycles. The van der Waals surface area contributed by atoms with Crippen LogP contribution in [0.1, 0.15) is 0 Å². The molecular weight excluding hydrogens is 689 g/mol. The molecule has 0 radical (unpaired) electrons. The maximum absolute atomic E-state index is 5.28. The van der Waals surface area contributed by atoms with Crippen LogP contribution in [0.3, 0.4) is 0 Å². The van der Waals surface area contributed by atoms with Crippen molar-refractivity contribution in [1.29, 1.82) is 0 Å². The van der Waals surface area contributed by atoms with E-state index in [2.05, 4.69) is 179 Å². The average molecular weight is 719 g/mol. The van der Waals surface area contributed by atoms with Gasteiger partial charge in [0.25, 0.3) is 0 Å². The topological polar surface area (TPSA) is 35.6 Å². The molecule has 0 aliphatic carbocycles. The van der Waals surface area contributed by atoms with Gasteiger partial charge in [0.1, 0.15) is 0 Å². The van der Waals surface area contributed by atoms with Crippen molar-refractivity contribution < 1.29 is 0 Å². The molecule has 0 unspecified atom stereocenters. The lowest BCUT2D eigenvalue weighted by Crippen LogP contribution is -2.03. The molecule has 0 saturated heterocycles. The molecule has 0 bridgehead atoms. The Morgan fingerprint density at radius 2 is 0.891 bits per heavy atom. The minimum Gasteiger partial charge on any atom is -0.309 e.